The minimum absolute atomic E-state index is 0.00913. The van der Waals surface area contributed by atoms with Crippen molar-refractivity contribution in [1.29, 1.82) is 0 Å². The number of unbranched alkanes of at least 4 members (excludes halogenated alkanes) is 2. The minimum Gasteiger partial charge on any atom is -0.481 e. The van der Waals surface area contributed by atoms with Crippen molar-refractivity contribution in [2.24, 2.45) is 11.7 Å². The molecule has 10 nitrogen and oxygen atoms in total. The number of nitrogens with zero attached hydrogens (tertiary/aromatic N) is 3. The highest BCUT2D eigenvalue weighted by molar-refractivity contribution is 5.79. The van der Waals surface area contributed by atoms with Crippen molar-refractivity contribution in [2.45, 2.75) is 64.8 Å². The summed E-state index contributed by atoms with van der Waals surface area (Å²) in [5.74, 6) is -0.732. The van der Waals surface area contributed by atoms with Gasteiger partial charge in [0.2, 0.25) is 18.6 Å². The van der Waals surface area contributed by atoms with Gasteiger partial charge in [-0.3, -0.25) is 19.3 Å². The summed E-state index contributed by atoms with van der Waals surface area (Å²) in [6, 6.07) is 5.18. The third kappa shape index (κ3) is 7.38. The Morgan fingerprint density at radius 1 is 1.05 bits per heavy atom. The van der Waals surface area contributed by atoms with E-state index >= 15 is 0 Å². The van der Waals surface area contributed by atoms with Gasteiger partial charge in [-0.2, -0.15) is 0 Å². The third-order valence-electron chi connectivity index (χ3n) is 7.73. The molecule has 10 heteroatoms. The van der Waals surface area contributed by atoms with Crippen LogP contribution in [-0.2, 0) is 14.4 Å². The standard InChI is InChI=1S/C28H44N4O6/c1-4-6-13-31(14-8-7-12-29)26(34)18-32-17-22(21-9-10-24-25(16-21)38-19-37-24)27(28(35)36)23(32)11-15-30(5-2)20(3)33/h9-10,16,22-23,27H,4-8,11-15,17-19,29H2,1-3H3,(H,35,36)/t22-,23+,27-/m1/s1. The summed E-state index contributed by atoms with van der Waals surface area (Å²) in [5.41, 5.74) is 6.52. The molecule has 3 rings (SSSR count). The van der Waals surface area contributed by atoms with Gasteiger partial charge in [0.15, 0.2) is 11.5 Å². The van der Waals surface area contributed by atoms with E-state index in [4.69, 9.17) is 15.2 Å². The second kappa shape index (κ2) is 14.3. The van der Waals surface area contributed by atoms with Crippen LogP contribution in [0.1, 0.15) is 64.4 Å². The SMILES string of the molecule is CCCCN(CCCCN)C(=O)CN1C[C@H](c2ccc3c(c2)OCO3)[C@@H](C(=O)O)[C@@H]1CCN(CC)C(C)=O. The van der Waals surface area contributed by atoms with Crippen LogP contribution in [0.4, 0.5) is 0 Å². The maximum atomic E-state index is 13.5. The number of ether oxygens (including phenoxy) is 2. The van der Waals surface area contributed by atoms with E-state index in [1.807, 2.05) is 34.9 Å². The molecule has 0 bridgehead atoms. The van der Waals surface area contributed by atoms with Crippen molar-refractivity contribution in [1.82, 2.24) is 14.7 Å². The molecule has 38 heavy (non-hydrogen) atoms. The molecule has 1 fully saturated rings. The van der Waals surface area contributed by atoms with Crippen LogP contribution in [0, 0.1) is 5.92 Å². The maximum absolute atomic E-state index is 13.5. The Hall–Kier alpha value is -2.85. The molecule has 0 unspecified atom stereocenters. The van der Waals surface area contributed by atoms with Gasteiger partial charge in [-0.1, -0.05) is 19.4 Å². The number of carbonyl (C=O) groups excluding carboxylic acids is 2. The zero-order valence-electron chi connectivity index (χ0n) is 23.1. The number of amides is 2. The van der Waals surface area contributed by atoms with Gasteiger partial charge in [0.25, 0.3) is 0 Å². The Kier molecular flexibility index (Phi) is 11.2. The lowest BCUT2D eigenvalue weighted by Gasteiger charge is -2.31. The first kappa shape index (κ1) is 29.7. The Labute approximate surface area is 226 Å². The van der Waals surface area contributed by atoms with E-state index in [2.05, 4.69) is 6.92 Å². The largest absolute Gasteiger partial charge is 0.481 e. The van der Waals surface area contributed by atoms with Gasteiger partial charge in [-0.25, -0.2) is 0 Å². The summed E-state index contributed by atoms with van der Waals surface area (Å²) in [4.78, 5) is 43.9. The lowest BCUT2D eigenvalue weighted by molar-refractivity contribution is -0.144. The number of nitrogens with two attached hydrogens (primary N) is 1. The quantitative estimate of drug-likeness (QED) is 0.330. The van der Waals surface area contributed by atoms with Gasteiger partial charge in [-0.15, -0.1) is 0 Å². The van der Waals surface area contributed by atoms with Gasteiger partial charge in [0, 0.05) is 51.6 Å². The van der Waals surface area contributed by atoms with Crippen molar-refractivity contribution < 1.29 is 29.0 Å². The van der Waals surface area contributed by atoms with E-state index in [-0.39, 0.29) is 31.1 Å². The van der Waals surface area contributed by atoms with Crippen LogP contribution in [0.2, 0.25) is 0 Å². The zero-order valence-corrected chi connectivity index (χ0v) is 23.1. The molecule has 2 aliphatic heterocycles. The van der Waals surface area contributed by atoms with E-state index in [1.54, 1.807) is 4.90 Å². The summed E-state index contributed by atoms with van der Waals surface area (Å²) in [5, 5.41) is 10.4. The van der Waals surface area contributed by atoms with Crippen molar-refractivity contribution in [3.8, 4) is 11.5 Å². The number of carboxylic acid groups (broad SMARTS) is 1. The molecular weight excluding hydrogens is 488 g/mol. The number of likely N-dealkylation sites (tertiary alicyclic amines) is 1. The van der Waals surface area contributed by atoms with E-state index in [0.717, 1.165) is 31.2 Å². The monoisotopic (exact) mass is 532 g/mol. The Morgan fingerprint density at radius 2 is 1.79 bits per heavy atom. The second-order valence-corrected chi connectivity index (χ2v) is 10.2. The number of aliphatic carboxylic acids is 1. The number of fused-ring (bicyclic) bond motifs is 1. The van der Waals surface area contributed by atoms with Gasteiger partial charge < -0.3 is 30.1 Å². The Balaban J connectivity index is 1.86. The fourth-order valence-corrected chi connectivity index (χ4v) is 5.59. The number of carbonyl (C=O) groups is 3. The van der Waals surface area contributed by atoms with E-state index in [0.29, 0.717) is 57.2 Å². The molecule has 1 saturated heterocycles. The molecule has 3 atom stereocenters. The van der Waals surface area contributed by atoms with Crippen LogP contribution in [0.25, 0.3) is 0 Å². The molecule has 0 saturated carbocycles. The van der Waals surface area contributed by atoms with Crippen molar-refractivity contribution in [3.63, 3.8) is 0 Å². The molecule has 1 aromatic rings. The van der Waals surface area contributed by atoms with E-state index < -0.39 is 17.9 Å². The molecular formula is C28H44N4O6. The van der Waals surface area contributed by atoms with Crippen LogP contribution < -0.4 is 15.2 Å². The summed E-state index contributed by atoms with van der Waals surface area (Å²) >= 11 is 0. The average Bonchev–Trinajstić information content (AvgIpc) is 3.50. The zero-order chi connectivity index (χ0) is 27.7. The third-order valence-corrected chi connectivity index (χ3v) is 7.73. The minimum atomic E-state index is -0.899. The summed E-state index contributed by atoms with van der Waals surface area (Å²) in [7, 11) is 0. The lowest BCUT2D eigenvalue weighted by atomic mass is 9.84. The maximum Gasteiger partial charge on any atom is 0.308 e. The van der Waals surface area contributed by atoms with Crippen molar-refractivity contribution >= 4 is 17.8 Å². The van der Waals surface area contributed by atoms with Crippen LogP contribution >= 0.6 is 0 Å². The number of hydrogen-bond donors (Lipinski definition) is 2. The molecule has 2 heterocycles. The average molecular weight is 533 g/mol. The predicted octanol–water partition coefficient (Wildman–Crippen LogP) is 2.51. The van der Waals surface area contributed by atoms with Gasteiger partial charge in [0.05, 0.1) is 12.5 Å². The highest BCUT2D eigenvalue weighted by atomic mass is 16.7. The number of benzene rings is 1. The van der Waals surface area contributed by atoms with Crippen LogP contribution in [0.15, 0.2) is 18.2 Å². The van der Waals surface area contributed by atoms with Crippen LogP contribution in [0.3, 0.4) is 0 Å². The van der Waals surface area contributed by atoms with Gasteiger partial charge in [0.1, 0.15) is 0 Å². The highest BCUT2D eigenvalue weighted by Gasteiger charge is 2.47. The van der Waals surface area contributed by atoms with E-state index in [1.165, 1.54) is 6.92 Å². The Morgan fingerprint density at radius 3 is 2.45 bits per heavy atom. The first-order chi connectivity index (χ1) is 18.3. The van der Waals surface area contributed by atoms with Gasteiger partial charge in [-0.05, 0) is 56.8 Å². The summed E-state index contributed by atoms with van der Waals surface area (Å²) < 4.78 is 11.0. The fourth-order valence-electron chi connectivity index (χ4n) is 5.59. The van der Waals surface area contributed by atoms with E-state index in [9.17, 15) is 19.5 Å². The summed E-state index contributed by atoms with van der Waals surface area (Å²) in [6.45, 7) is 9.17. The molecule has 0 spiro atoms. The number of carboxylic acids is 1. The molecule has 3 N–H and O–H groups in total. The van der Waals surface area contributed by atoms with Crippen LogP contribution in [-0.4, -0.2) is 96.2 Å². The second-order valence-electron chi connectivity index (χ2n) is 10.2. The van der Waals surface area contributed by atoms with Crippen molar-refractivity contribution in [3.05, 3.63) is 23.8 Å². The number of hydrogen-bond acceptors (Lipinski definition) is 7. The predicted molar refractivity (Wildman–Crippen MR) is 144 cm³/mol. The number of rotatable bonds is 15. The first-order valence-electron chi connectivity index (χ1n) is 13.9. The molecule has 2 amide bonds. The Bertz CT molecular complexity index is 957. The molecule has 0 aromatic heterocycles. The topological polar surface area (TPSA) is 126 Å². The van der Waals surface area contributed by atoms with Crippen molar-refractivity contribution in [2.75, 3.05) is 52.6 Å². The molecule has 212 valence electrons. The molecule has 0 radical (unpaired) electrons. The smallest absolute Gasteiger partial charge is 0.308 e. The molecule has 2 aliphatic rings. The summed E-state index contributed by atoms with van der Waals surface area (Å²) in [6.07, 6.45) is 4.07. The highest BCUT2D eigenvalue weighted by Crippen LogP contribution is 2.42. The molecule has 0 aliphatic carbocycles. The fraction of sp³-hybridized carbons (Fsp3) is 0.679. The first-order valence-corrected chi connectivity index (χ1v) is 13.9. The normalized spacial score (nSPS) is 20.5. The van der Waals surface area contributed by atoms with Gasteiger partial charge >= 0.3 is 5.97 Å². The molecule has 1 aromatic carbocycles. The lowest BCUT2D eigenvalue weighted by Crippen LogP contribution is -2.46. The van der Waals surface area contributed by atoms with Crippen LogP contribution in [0.5, 0.6) is 11.5 Å².